The van der Waals surface area contributed by atoms with Crippen molar-refractivity contribution >= 4 is 5.78 Å². The zero-order valence-corrected chi connectivity index (χ0v) is 9.63. The monoisotopic (exact) mass is 200 g/mol. The maximum Gasteiger partial charge on any atom is 0.166 e. The van der Waals surface area contributed by atoms with Crippen molar-refractivity contribution in [2.75, 3.05) is 0 Å². The molecule has 0 aromatic heterocycles. The Labute approximate surface area is 85.5 Å². The topological polar surface area (TPSA) is 46.5 Å². The van der Waals surface area contributed by atoms with Gasteiger partial charge in [0.25, 0.3) is 0 Å². The minimum Gasteiger partial charge on any atom is -0.383 e. The van der Waals surface area contributed by atoms with E-state index in [1.165, 1.54) is 0 Å². The van der Waals surface area contributed by atoms with E-state index in [0.717, 1.165) is 0 Å². The van der Waals surface area contributed by atoms with Crippen LogP contribution in [-0.2, 0) is 9.53 Å². The van der Waals surface area contributed by atoms with Crippen LogP contribution in [0.5, 0.6) is 0 Å². The van der Waals surface area contributed by atoms with Gasteiger partial charge in [-0.3, -0.25) is 4.79 Å². The fourth-order valence-corrected chi connectivity index (χ4v) is 1.79. The highest BCUT2D eigenvalue weighted by Crippen LogP contribution is 2.35. The largest absolute Gasteiger partial charge is 0.383 e. The summed E-state index contributed by atoms with van der Waals surface area (Å²) < 4.78 is 5.75. The quantitative estimate of drug-likeness (QED) is 0.645. The van der Waals surface area contributed by atoms with Crippen molar-refractivity contribution < 1.29 is 14.6 Å². The van der Waals surface area contributed by atoms with Crippen LogP contribution in [-0.4, -0.2) is 28.7 Å². The molecule has 3 nitrogen and oxygen atoms in total. The summed E-state index contributed by atoms with van der Waals surface area (Å²) in [5, 5.41) is 9.73. The molecule has 0 aromatic rings. The Morgan fingerprint density at radius 1 is 1.43 bits per heavy atom. The van der Waals surface area contributed by atoms with E-state index < -0.39 is 17.8 Å². The summed E-state index contributed by atoms with van der Waals surface area (Å²) >= 11 is 0. The number of aliphatic hydroxyl groups excluding tert-OH is 1. The Kier molecular flexibility index (Phi) is 2.76. The van der Waals surface area contributed by atoms with Crippen molar-refractivity contribution in [3.63, 3.8) is 0 Å². The average Bonchev–Trinajstić information content (AvgIpc) is 1.93. The van der Waals surface area contributed by atoms with Crippen molar-refractivity contribution in [1.29, 1.82) is 0 Å². The SMILES string of the molecule is CC1(C)CC(=O)[C@H](O)C(C(C)(C)C)O1. The molecule has 1 saturated heterocycles. The Morgan fingerprint density at radius 2 is 1.93 bits per heavy atom. The van der Waals surface area contributed by atoms with Gasteiger partial charge in [0.2, 0.25) is 0 Å². The van der Waals surface area contributed by atoms with Gasteiger partial charge in [-0.1, -0.05) is 20.8 Å². The van der Waals surface area contributed by atoms with Crippen LogP contribution in [0.3, 0.4) is 0 Å². The molecule has 1 heterocycles. The molecule has 0 radical (unpaired) electrons. The molecule has 1 aliphatic heterocycles. The number of aliphatic hydroxyl groups is 1. The summed E-state index contributed by atoms with van der Waals surface area (Å²) in [6, 6.07) is 0. The van der Waals surface area contributed by atoms with E-state index in [-0.39, 0.29) is 11.2 Å². The third kappa shape index (κ3) is 2.34. The molecule has 0 bridgehead atoms. The van der Waals surface area contributed by atoms with E-state index in [0.29, 0.717) is 6.42 Å². The molecule has 1 unspecified atom stereocenters. The minimum absolute atomic E-state index is 0.110. The van der Waals surface area contributed by atoms with Gasteiger partial charge < -0.3 is 9.84 Å². The molecule has 0 spiro atoms. The molecule has 0 amide bonds. The van der Waals surface area contributed by atoms with Crippen LogP contribution in [0.25, 0.3) is 0 Å². The van der Waals surface area contributed by atoms with E-state index in [4.69, 9.17) is 4.74 Å². The first-order chi connectivity index (χ1) is 6.13. The third-order valence-electron chi connectivity index (χ3n) is 2.52. The second-order valence-corrected chi connectivity index (χ2v) is 5.75. The van der Waals surface area contributed by atoms with Gasteiger partial charge in [0, 0.05) is 6.42 Å². The lowest BCUT2D eigenvalue weighted by Crippen LogP contribution is -2.54. The van der Waals surface area contributed by atoms with Crippen molar-refractivity contribution in [2.45, 2.75) is 58.8 Å². The molecule has 0 aliphatic carbocycles. The molecule has 0 aromatic carbocycles. The highest BCUT2D eigenvalue weighted by atomic mass is 16.5. The van der Waals surface area contributed by atoms with Gasteiger partial charge in [-0.25, -0.2) is 0 Å². The van der Waals surface area contributed by atoms with E-state index >= 15 is 0 Å². The summed E-state index contributed by atoms with van der Waals surface area (Å²) in [6.07, 6.45) is -1.08. The highest BCUT2D eigenvalue weighted by Gasteiger charge is 2.45. The Morgan fingerprint density at radius 3 is 2.36 bits per heavy atom. The maximum absolute atomic E-state index is 11.5. The molecular formula is C11H20O3. The number of carbonyl (C=O) groups excluding carboxylic acids is 1. The lowest BCUT2D eigenvalue weighted by Gasteiger charge is -2.43. The summed E-state index contributed by atoms with van der Waals surface area (Å²) in [4.78, 5) is 11.5. The second-order valence-electron chi connectivity index (χ2n) is 5.75. The normalized spacial score (nSPS) is 33.1. The predicted octanol–water partition coefficient (Wildman–Crippen LogP) is 1.53. The van der Waals surface area contributed by atoms with Gasteiger partial charge in [0.1, 0.15) is 6.10 Å². The predicted molar refractivity (Wildman–Crippen MR) is 54.0 cm³/mol. The van der Waals surface area contributed by atoms with Gasteiger partial charge in [-0.15, -0.1) is 0 Å². The van der Waals surface area contributed by atoms with Crippen molar-refractivity contribution in [1.82, 2.24) is 0 Å². The first-order valence-corrected chi connectivity index (χ1v) is 5.02. The molecule has 14 heavy (non-hydrogen) atoms. The molecule has 2 atom stereocenters. The van der Waals surface area contributed by atoms with E-state index in [1.807, 2.05) is 34.6 Å². The molecule has 82 valence electrons. The number of hydrogen-bond donors (Lipinski definition) is 1. The Bertz CT molecular complexity index is 237. The van der Waals surface area contributed by atoms with Crippen molar-refractivity contribution in [2.24, 2.45) is 5.41 Å². The van der Waals surface area contributed by atoms with Crippen LogP contribution >= 0.6 is 0 Å². The summed E-state index contributed by atoms with van der Waals surface area (Å²) in [7, 11) is 0. The lowest BCUT2D eigenvalue weighted by molar-refractivity contribution is -0.195. The van der Waals surface area contributed by atoms with Crippen LogP contribution in [0, 0.1) is 5.41 Å². The van der Waals surface area contributed by atoms with Crippen molar-refractivity contribution in [3.8, 4) is 0 Å². The summed E-state index contributed by atoms with van der Waals surface area (Å²) in [6.45, 7) is 9.67. The first-order valence-electron chi connectivity index (χ1n) is 5.02. The van der Waals surface area contributed by atoms with Gasteiger partial charge >= 0.3 is 0 Å². The van der Waals surface area contributed by atoms with Gasteiger partial charge in [-0.05, 0) is 19.3 Å². The Hall–Kier alpha value is -0.410. The third-order valence-corrected chi connectivity index (χ3v) is 2.52. The summed E-state index contributed by atoms with van der Waals surface area (Å²) in [5.74, 6) is -0.110. The number of Topliss-reactive ketones (excluding diaryl/α,β-unsaturated/α-hetero) is 1. The zero-order chi connectivity index (χ0) is 11.1. The molecule has 1 aliphatic rings. The fourth-order valence-electron chi connectivity index (χ4n) is 1.79. The molecule has 0 saturated carbocycles. The molecule has 1 fully saturated rings. The standard InChI is InChI=1S/C11H20O3/c1-10(2,3)9-8(13)7(12)6-11(4,5)14-9/h8-9,13H,6H2,1-5H3/t8-,9?/m0/s1. The molecular weight excluding hydrogens is 180 g/mol. The molecule has 1 rings (SSSR count). The Balaban J connectivity index is 2.89. The highest BCUT2D eigenvalue weighted by molar-refractivity contribution is 5.85. The number of ether oxygens (including phenoxy) is 1. The van der Waals surface area contributed by atoms with Crippen LogP contribution in [0.2, 0.25) is 0 Å². The van der Waals surface area contributed by atoms with Gasteiger partial charge in [0.15, 0.2) is 5.78 Å². The number of rotatable bonds is 0. The minimum atomic E-state index is -0.969. The molecule has 3 heteroatoms. The van der Waals surface area contributed by atoms with Crippen LogP contribution in [0.1, 0.15) is 41.0 Å². The zero-order valence-electron chi connectivity index (χ0n) is 9.63. The van der Waals surface area contributed by atoms with Crippen molar-refractivity contribution in [3.05, 3.63) is 0 Å². The van der Waals surface area contributed by atoms with E-state index in [1.54, 1.807) is 0 Å². The van der Waals surface area contributed by atoms with Crippen LogP contribution in [0.15, 0.2) is 0 Å². The van der Waals surface area contributed by atoms with Crippen LogP contribution < -0.4 is 0 Å². The van der Waals surface area contributed by atoms with Gasteiger partial charge in [-0.2, -0.15) is 0 Å². The maximum atomic E-state index is 11.5. The average molecular weight is 200 g/mol. The van der Waals surface area contributed by atoms with E-state index in [2.05, 4.69) is 0 Å². The second kappa shape index (κ2) is 3.31. The number of ketones is 1. The van der Waals surface area contributed by atoms with Gasteiger partial charge in [0.05, 0.1) is 11.7 Å². The summed E-state index contributed by atoms with van der Waals surface area (Å²) in [5.41, 5.74) is -0.666. The molecule has 1 N–H and O–H groups in total. The van der Waals surface area contributed by atoms with E-state index in [9.17, 15) is 9.90 Å². The number of carbonyl (C=O) groups is 1. The van der Waals surface area contributed by atoms with Crippen LogP contribution in [0.4, 0.5) is 0 Å². The fraction of sp³-hybridized carbons (Fsp3) is 0.909. The number of hydrogen-bond acceptors (Lipinski definition) is 3. The smallest absolute Gasteiger partial charge is 0.166 e. The first kappa shape index (κ1) is 11.7. The lowest BCUT2D eigenvalue weighted by atomic mass is 9.79.